The number of hydrogen-bond donors (Lipinski definition) is 1. The van der Waals surface area contributed by atoms with E-state index in [2.05, 4.69) is 11.9 Å². The quantitative estimate of drug-likeness (QED) is 0.773. The molecule has 0 saturated carbocycles. The first kappa shape index (κ1) is 13.6. The van der Waals surface area contributed by atoms with Gasteiger partial charge in [-0.2, -0.15) is 0 Å². The molecular formula is C13H17F2NO. The van der Waals surface area contributed by atoms with Crippen LogP contribution in [-0.4, -0.2) is 19.2 Å². The van der Waals surface area contributed by atoms with Crippen molar-refractivity contribution in [2.24, 2.45) is 0 Å². The van der Waals surface area contributed by atoms with Crippen molar-refractivity contribution in [2.75, 3.05) is 13.2 Å². The maximum absolute atomic E-state index is 13.2. The summed E-state index contributed by atoms with van der Waals surface area (Å²) in [4.78, 5) is 0. The van der Waals surface area contributed by atoms with Crippen LogP contribution in [0.15, 0.2) is 30.4 Å². The molecule has 0 aliphatic rings. The largest absolute Gasteiger partial charge is 0.486 e. The fourth-order valence-electron chi connectivity index (χ4n) is 1.17. The molecule has 0 atom stereocenters. The third-order valence-corrected chi connectivity index (χ3v) is 2.09. The fourth-order valence-corrected chi connectivity index (χ4v) is 1.17. The molecule has 0 bridgehead atoms. The van der Waals surface area contributed by atoms with Gasteiger partial charge < -0.3 is 10.1 Å². The van der Waals surface area contributed by atoms with Crippen LogP contribution in [-0.2, 0) is 0 Å². The van der Waals surface area contributed by atoms with Gasteiger partial charge in [0.25, 0.3) is 0 Å². The van der Waals surface area contributed by atoms with E-state index in [1.807, 2.05) is 13.8 Å². The molecule has 0 fully saturated rings. The lowest BCUT2D eigenvalue weighted by Gasteiger charge is -2.12. The lowest BCUT2D eigenvalue weighted by Crippen LogP contribution is -2.26. The van der Waals surface area contributed by atoms with E-state index in [0.717, 1.165) is 23.8 Å². The Hall–Kier alpha value is -1.42. The number of halogens is 2. The van der Waals surface area contributed by atoms with Crippen molar-refractivity contribution in [1.82, 2.24) is 5.32 Å². The Labute approximate surface area is 100 Å². The summed E-state index contributed by atoms with van der Waals surface area (Å²) in [6.45, 7) is 8.58. The van der Waals surface area contributed by atoms with E-state index < -0.39 is 11.6 Å². The molecule has 1 rings (SSSR count). The molecule has 1 aromatic rings. The summed E-state index contributed by atoms with van der Waals surface area (Å²) in [5.74, 6) is -1.18. The highest BCUT2D eigenvalue weighted by Gasteiger charge is 2.05. The van der Waals surface area contributed by atoms with Crippen LogP contribution in [0.3, 0.4) is 0 Å². The minimum absolute atomic E-state index is 0.0873. The summed E-state index contributed by atoms with van der Waals surface area (Å²) in [5, 5.41) is 3.16. The molecule has 94 valence electrons. The minimum atomic E-state index is -0.573. The van der Waals surface area contributed by atoms with Gasteiger partial charge in [0.15, 0.2) is 11.6 Å². The van der Waals surface area contributed by atoms with Crippen LogP contribution < -0.4 is 10.1 Å². The average molecular weight is 241 g/mol. The Kier molecular flexibility index (Phi) is 5.10. The zero-order chi connectivity index (χ0) is 12.8. The molecular weight excluding hydrogens is 224 g/mol. The summed E-state index contributed by atoms with van der Waals surface area (Å²) in [6, 6.07) is 3.47. The van der Waals surface area contributed by atoms with E-state index in [0.29, 0.717) is 12.6 Å². The van der Waals surface area contributed by atoms with Crippen molar-refractivity contribution in [3.05, 3.63) is 42.0 Å². The van der Waals surface area contributed by atoms with Crippen molar-refractivity contribution in [3.63, 3.8) is 0 Å². The molecule has 2 nitrogen and oxygen atoms in total. The van der Waals surface area contributed by atoms with Crippen LogP contribution in [0, 0.1) is 11.6 Å². The second kappa shape index (κ2) is 6.35. The molecule has 0 radical (unpaired) electrons. The average Bonchev–Trinajstić information content (AvgIpc) is 2.27. The van der Waals surface area contributed by atoms with E-state index in [9.17, 15) is 8.78 Å². The van der Waals surface area contributed by atoms with Gasteiger partial charge in [-0.15, -0.1) is 0 Å². The van der Waals surface area contributed by atoms with Crippen LogP contribution in [0.5, 0.6) is 5.75 Å². The van der Waals surface area contributed by atoms with Crippen LogP contribution >= 0.6 is 0 Å². The molecule has 0 saturated heterocycles. The Morgan fingerprint density at radius 2 is 2.12 bits per heavy atom. The van der Waals surface area contributed by atoms with E-state index in [1.165, 1.54) is 0 Å². The molecule has 1 aromatic carbocycles. The fraction of sp³-hybridized carbons (Fsp3) is 0.385. The lowest BCUT2D eigenvalue weighted by molar-refractivity contribution is 0.326. The predicted octanol–water partition coefficient (Wildman–Crippen LogP) is 2.90. The van der Waals surface area contributed by atoms with Crippen molar-refractivity contribution in [2.45, 2.75) is 19.9 Å². The number of rotatable bonds is 6. The first-order valence-electron chi connectivity index (χ1n) is 5.47. The van der Waals surface area contributed by atoms with Crippen molar-refractivity contribution < 1.29 is 13.5 Å². The van der Waals surface area contributed by atoms with Crippen molar-refractivity contribution >= 4 is 0 Å². The monoisotopic (exact) mass is 241 g/mol. The normalized spacial score (nSPS) is 10.6. The highest BCUT2D eigenvalue weighted by Crippen LogP contribution is 2.18. The second-order valence-corrected chi connectivity index (χ2v) is 4.15. The third kappa shape index (κ3) is 4.95. The lowest BCUT2D eigenvalue weighted by atomic mass is 10.3. The molecule has 0 unspecified atom stereocenters. The highest BCUT2D eigenvalue weighted by molar-refractivity contribution is 5.25. The summed E-state index contributed by atoms with van der Waals surface area (Å²) in [7, 11) is 0. The maximum Gasteiger partial charge on any atom is 0.165 e. The smallest absolute Gasteiger partial charge is 0.165 e. The number of ether oxygens (including phenoxy) is 1. The first-order chi connectivity index (χ1) is 7.99. The van der Waals surface area contributed by atoms with E-state index >= 15 is 0 Å². The number of hydrogen-bond acceptors (Lipinski definition) is 2. The highest BCUT2D eigenvalue weighted by atomic mass is 19.1. The van der Waals surface area contributed by atoms with Gasteiger partial charge in [-0.25, -0.2) is 8.78 Å². The predicted molar refractivity (Wildman–Crippen MR) is 64.1 cm³/mol. The Morgan fingerprint density at radius 1 is 1.41 bits per heavy atom. The Morgan fingerprint density at radius 3 is 2.76 bits per heavy atom. The summed E-state index contributed by atoms with van der Waals surface area (Å²) in [5.41, 5.74) is 0.780. The van der Waals surface area contributed by atoms with Gasteiger partial charge in [-0.1, -0.05) is 20.4 Å². The minimum Gasteiger partial charge on any atom is -0.486 e. The molecule has 0 amide bonds. The van der Waals surface area contributed by atoms with Crippen LogP contribution in [0.2, 0.25) is 0 Å². The molecule has 0 aliphatic carbocycles. The van der Waals surface area contributed by atoms with Gasteiger partial charge in [0.05, 0.1) is 0 Å². The summed E-state index contributed by atoms with van der Waals surface area (Å²) < 4.78 is 31.2. The third-order valence-electron chi connectivity index (χ3n) is 2.09. The van der Waals surface area contributed by atoms with Gasteiger partial charge in [-0.3, -0.25) is 0 Å². The molecule has 0 spiro atoms. The van der Waals surface area contributed by atoms with Gasteiger partial charge in [0.1, 0.15) is 12.4 Å². The molecule has 0 aliphatic heterocycles. The van der Waals surface area contributed by atoms with Gasteiger partial charge >= 0.3 is 0 Å². The van der Waals surface area contributed by atoms with Crippen molar-refractivity contribution in [3.8, 4) is 5.75 Å². The Balaban J connectivity index is 2.44. The Bertz CT molecular complexity index is 391. The molecule has 0 aromatic heterocycles. The zero-order valence-corrected chi connectivity index (χ0v) is 10.1. The standard InChI is InChI=1S/C13H17F2NO/c1-9(2)16-7-10(3)8-17-13-6-11(14)4-5-12(13)15/h4-6,9,16H,3,7-8H2,1-2H3. The maximum atomic E-state index is 13.2. The topological polar surface area (TPSA) is 21.3 Å². The number of nitrogens with one attached hydrogen (secondary N) is 1. The zero-order valence-electron chi connectivity index (χ0n) is 10.1. The molecule has 1 N–H and O–H groups in total. The molecule has 4 heteroatoms. The van der Waals surface area contributed by atoms with E-state index in [-0.39, 0.29) is 12.4 Å². The van der Waals surface area contributed by atoms with E-state index in [4.69, 9.17) is 4.74 Å². The second-order valence-electron chi connectivity index (χ2n) is 4.15. The first-order valence-corrected chi connectivity index (χ1v) is 5.47. The van der Waals surface area contributed by atoms with E-state index in [1.54, 1.807) is 0 Å². The van der Waals surface area contributed by atoms with Gasteiger partial charge in [0, 0.05) is 18.7 Å². The van der Waals surface area contributed by atoms with Gasteiger partial charge in [0.2, 0.25) is 0 Å². The number of benzene rings is 1. The summed E-state index contributed by atoms with van der Waals surface area (Å²) >= 11 is 0. The molecule has 0 heterocycles. The van der Waals surface area contributed by atoms with Gasteiger partial charge in [-0.05, 0) is 17.7 Å². The molecule has 17 heavy (non-hydrogen) atoms. The van der Waals surface area contributed by atoms with Crippen LogP contribution in [0.4, 0.5) is 8.78 Å². The van der Waals surface area contributed by atoms with Crippen LogP contribution in [0.25, 0.3) is 0 Å². The van der Waals surface area contributed by atoms with Crippen molar-refractivity contribution in [1.29, 1.82) is 0 Å². The summed E-state index contributed by atoms with van der Waals surface area (Å²) in [6.07, 6.45) is 0. The SMILES string of the molecule is C=C(CNC(C)C)COc1cc(F)ccc1F. The van der Waals surface area contributed by atoms with Crippen LogP contribution in [0.1, 0.15) is 13.8 Å².